The van der Waals surface area contributed by atoms with E-state index in [4.69, 9.17) is 21.1 Å². The lowest BCUT2D eigenvalue weighted by Gasteiger charge is -2.06. The smallest absolute Gasteiger partial charge is 0.273 e. The number of aromatic nitrogens is 2. The average molecular weight is 247 g/mol. The van der Waals surface area contributed by atoms with Gasteiger partial charge in [-0.25, -0.2) is 4.98 Å². The van der Waals surface area contributed by atoms with Crippen LogP contribution in [-0.2, 0) is 4.74 Å². The molecule has 0 fully saturated rings. The molecule has 1 N–H and O–H groups in total. The number of aromatic amines is 1. The standard InChI is InChI=1S/C10H15ClN2O3/c1-2-3-4-15-5-6-16-10-8(11)9(14)12-7-13-10/h7H,2-6H2,1H3,(H,12,13,14). The van der Waals surface area contributed by atoms with Gasteiger partial charge in [-0.3, -0.25) is 4.79 Å². The summed E-state index contributed by atoms with van der Waals surface area (Å²) in [5.41, 5.74) is -0.404. The van der Waals surface area contributed by atoms with Crippen molar-refractivity contribution in [3.63, 3.8) is 0 Å². The number of ether oxygens (including phenoxy) is 2. The van der Waals surface area contributed by atoms with Gasteiger partial charge in [0.2, 0.25) is 5.88 Å². The zero-order valence-electron chi connectivity index (χ0n) is 9.16. The van der Waals surface area contributed by atoms with E-state index < -0.39 is 5.56 Å². The summed E-state index contributed by atoms with van der Waals surface area (Å²) in [4.78, 5) is 17.2. The van der Waals surface area contributed by atoms with Gasteiger partial charge >= 0.3 is 0 Å². The van der Waals surface area contributed by atoms with Crippen LogP contribution in [0, 0.1) is 0 Å². The summed E-state index contributed by atoms with van der Waals surface area (Å²) in [5.74, 6) is 0.143. The minimum Gasteiger partial charge on any atom is -0.474 e. The van der Waals surface area contributed by atoms with Gasteiger partial charge in [0.25, 0.3) is 5.56 Å². The summed E-state index contributed by atoms with van der Waals surface area (Å²) < 4.78 is 10.5. The maximum absolute atomic E-state index is 11.1. The maximum Gasteiger partial charge on any atom is 0.273 e. The van der Waals surface area contributed by atoms with Crippen LogP contribution in [0.3, 0.4) is 0 Å². The van der Waals surface area contributed by atoms with E-state index in [0.717, 1.165) is 19.4 Å². The quantitative estimate of drug-likeness (QED) is 0.743. The molecule has 6 heteroatoms. The third-order valence-corrected chi connectivity index (χ3v) is 2.21. The molecular formula is C10H15ClN2O3. The minimum absolute atomic E-state index is 0.0314. The van der Waals surface area contributed by atoms with E-state index in [0.29, 0.717) is 13.2 Å². The number of H-pyrrole nitrogens is 1. The molecule has 1 aromatic rings. The topological polar surface area (TPSA) is 64.2 Å². The van der Waals surface area contributed by atoms with Crippen molar-refractivity contribution < 1.29 is 9.47 Å². The number of halogens is 1. The highest BCUT2D eigenvalue weighted by Crippen LogP contribution is 2.14. The van der Waals surface area contributed by atoms with E-state index in [-0.39, 0.29) is 10.9 Å². The molecule has 0 spiro atoms. The molecule has 0 aliphatic heterocycles. The molecule has 0 aromatic carbocycles. The fourth-order valence-corrected chi connectivity index (χ4v) is 1.17. The van der Waals surface area contributed by atoms with Gasteiger partial charge in [-0.15, -0.1) is 0 Å². The van der Waals surface area contributed by atoms with E-state index >= 15 is 0 Å². The van der Waals surface area contributed by atoms with Crippen LogP contribution in [0.4, 0.5) is 0 Å². The lowest BCUT2D eigenvalue weighted by Crippen LogP contribution is -2.13. The summed E-state index contributed by atoms with van der Waals surface area (Å²) in [7, 11) is 0. The van der Waals surface area contributed by atoms with Gasteiger partial charge < -0.3 is 14.5 Å². The van der Waals surface area contributed by atoms with Gasteiger partial charge in [-0.1, -0.05) is 24.9 Å². The van der Waals surface area contributed by atoms with Crippen LogP contribution in [0.5, 0.6) is 5.88 Å². The van der Waals surface area contributed by atoms with Crippen molar-refractivity contribution in [1.29, 1.82) is 0 Å². The lowest BCUT2D eigenvalue weighted by molar-refractivity contribution is 0.0964. The second-order valence-corrected chi connectivity index (χ2v) is 3.54. The molecule has 0 aliphatic rings. The van der Waals surface area contributed by atoms with Crippen molar-refractivity contribution in [2.75, 3.05) is 19.8 Å². The molecule has 0 unspecified atom stereocenters. The van der Waals surface area contributed by atoms with E-state index in [1.165, 1.54) is 6.33 Å². The molecule has 0 saturated heterocycles. The average Bonchev–Trinajstić information content (AvgIpc) is 2.29. The number of rotatable bonds is 7. The van der Waals surface area contributed by atoms with Crippen LogP contribution >= 0.6 is 11.6 Å². The Morgan fingerprint density at radius 2 is 2.25 bits per heavy atom. The molecule has 0 amide bonds. The minimum atomic E-state index is -0.404. The molecule has 0 bridgehead atoms. The highest BCUT2D eigenvalue weighted by atomic mass is 35.5. The fraction of sp³-hybridized carbons (Fsp3) is 0.600. The fourth-order valence-electron chi connectivity index (χ4n) is 1.01. The number of hydrogen-bond donors (Lipinski definition) is 1. The van der Waals surface area contributed by atoms with E-state index in [1.54, 1.807) is 0 Å². The monoisotopic (exact) mass is 246 g/mol. The molecule has 0 radical (unpaired) electrons. The first-order chi connectivity index (χ1) is 7.75. The molecule has 0 atom stereocenters. The van der Waals surface area contributed by atoms with E-state index in [1.807, 2.05) is 0 Å². The van der Waals surface area contributed by atoms with Gasteiger partial charge in [-0.2, -0.15) is 0 Å². The molecule has 1 rings (SSSR count). The van der Waals surface area contributed by atoms with Gasteiger partial charge in [0.05, 0.1) is 12.9 Å². The zero-order chi connectivity index (χ0) is 11.8. The van der Waals surface area contributed by atoms with Gasteiger partial charge in [0.1, 0.15) is 6.61 Å². The van der Waals surface area contributed by atoms with Crippen LogP contribution in [0.2, 0.25) is 5.02 Å². The third-order valence-electron chi connectivity index (χ3n) is 1.87. The SMILES string of the molecule is CCCCOCCOc1nc[nH]c(=O)c1Cl. The van der Waals surface area contributed by atoms with Crippen molar-refractivity contribution in [1.82, 2.24) is 9.97 Å². The van der Waals surface area contributed by atoms with Crippen molar-refractivity contribution >= 4 is 11.6 Å². The molecule has 16 heavy (non-hydrogen) atoms. The summed E-state index contributed by atoms with van der Waals surface area (Å²) >= 11 is 5.68. The predicted molar refractivity (Wildman–Crippen MR) is 61.1 cm³/mol. The molecule has 0 saturated carbocycles. The summed E-state index contributed by atoms with van der Waals surface area (Å²) in [5, 5.41) is -0.0314. The predicted octanol–water partition coefficient (Wildman–Crippen LogP) is 1.62. The summed E-state index contributed by atoms with van der Waals surface area (Å²) in [6.07, 6.45) is 3.38. The van der Waals surface area contributed by atoms with Gasteiger partial charge in [0.15, 0.2) is 5.02 Å². The van der Waals surface area contributed by atoms with Crippen LogP contribution < -0.4 is 10.3 Å². The first-order valence-electron chi connectivity index (χ1n) is 5.19. The first-order valence-corrected chi connectivity index (χ1v) is 5.57. The van der Waals surface area contributed by atoms with Crippen molar-refractivity contribution in [3.05, 3.63) is 21.7 Å². The van der Waals surface area contributed by atoms with Crippen LogP contribution in [0.15, 0.2) is 11.1 Å². The zero-order valence-corrected chi connectivity index (χ0v) is 9.92. The van der Waals surface area contributed by atoms with E-state index in [9.17, 15) is 4.79 Å². The molecule has 1 heterocycles. The van der Waals surface area contributed by atoms with Crippen LogP contribution in [-0.4, -0.2) is 29.8 Å². The number of nitrogens with one attached hydrogen (secondary N) is 1. The van der Waals surface area contributed by atoms with Crippen molar-refractivity contribution in [2.45, 2.75) is 19.8 Å². The van der Waals surface area contributed by atoms with Crippen molar-refractivity contribution in [3.8, 4) is 5.88 Å². The van der Waals surface area contributed by atoms with Crippen LogP contribution in [0.1, 0.15) is 19.8 Å². The van der Waals surface area contributed by atoms with Crippen LogP contribution in [0.25, 0.3) is 0 Å². The highest BCUT2D eigenvalue weighted by molar-refractivity contribution is 6.31. The Balaban J connectivity index is 2.27. The largest absolute Gasteiger partial charge is 0.474 e. The Hall–Kier alpha value is -1.07. The Morgan fingerprint density at radius 3 is 3.00 bits per heavy atom. The van der Waals surface area contributed by atoms with Gasteiger partial charge in [-0.05, 0) is 6.42 Å². The Morgan fingerprint density at radius 1 is 1.44 bits per heavy atom. The Kier molecular flexibility index (Phi) is 5.88. The molecular weight excluding hydrogens is 232 g/mol. The number of nitrogens with zero attached hydrogens (tertiary/aromatic N) is 1. The molecule has 5 nitrogen and oxygen atoms in total. The third kappa shape index (κ3) is 4.20. The normalized spacial score (nSPS) is 10.4. The molecule has 90 valence electrons. The summed E-state index contributed by atoms with van der Waals surface area (Å²) in [6, 6.07) is 0. The van der Waals surface area contributed by atoms with Crippen molar-refractivity contribution in [2.24, 2.45) is 0 Å². The maximum atomic E-state index is 11.1. The second-order valence-electron chi connectivity index (χ2n) is 3.17. The summed E-state index contributed by atoms with van der Waals surface area (Å²) in [6.45, 7) is 3.61. The van der Waals surface area contributed by atoms with E-state index in [2.05, 4.69) is 16.9 Å². The number of hydrogen-bond acceptors (Lipinski definition) is 4. The van der Waals surface area contributed by atoms with Gasteiger partial charge in [0, 0.05) is 6.61 Å². The Bertz CT molecular complexity index is 367. The molecule has 0 aliphatic carbocycles. The first kappa shape index (κ1) is 13.0. The number of unbranched alkanes of at least 4 members (excludes halogenated alkanes) is 1. The second kappa shape index (κ2) is 7.24. The lowest BCUT2D eigenvalue weighted by atomic mass is 10.4. The Labute approximate surface area is 98.8 Å². The molecule has 1 aromatic heterocycles. The highest BCUT2D eigenvalue weighted by Gasteiger charge is 2.06.